The van der Waals surface area contributed by atoms with E-state index >= 15 is 0 Å². The molecule has 154 valence electrons. The molecule has 1 unspecified atom stereocenters. The van der Waals surface area contributed by atoms with Gasteiger partial charge in [-0.25, -0.2) is 9.98 Å². The lowest BCUT2D eigenvalue weighted by Crippen LogP contribution is -2.48. The van der Waals surface area contributed by atoms with E-state index < -0.39 is 0 Å². The van der Waals surface area contributed by atoms with Gasteiger partial charge in [0.15, 0.2) is 5.96 Å². The predicted octanol–water partition coefficient (Wildman–Crippen LogP) is 3.30. The van der Waals surface area contributed by atoms with Crippen molar-refractivity contribution in [2.45, 2.75) is 53.6 Å². The van der Waals surface area contributed by atoms with E-state index in [-0.39, 0.29) is 0 Å². The van der Waals surface area contributed by atoms with E-state index in [4.69, 9.17) is 4.42 Å². The summed E-state index contributed by atoms with van der Waals surface area (Å²) >= 11 is 0. The summed E-state index contributed by atoms with van der Waals surface area (Å²) in [5.74, 6) is 2.30. The third-order valence-electron chi connectivity index (χ3n) is 4.94. The molecule has 0 bridgehead atoms. The Kier molecular flexibility index (Phi) is 9.01. The maximum Gasteiger partial charge on any atom is 0.216 e. The van der Waals surface area contributed by atoms with Crippen molar-refractivity contribution in [3.8, 4) is 0 Å². The standard InChI is InChI=1S/C22H35N5O/c1-6-23-22(25-16-21-26-17(4)18(5)28-21)24-15-20(27(7-2)8-3)14-19-12-10-9-11-13-19/h9-13,20H,6-8,14-16H2,1-5H3,(H2,23,24,25). The fraction of sp³-hybridized carbons (Fsp3) is 0.545. The quantitative estimate of drug-likeness (QED) is 0.485. The van der Waals surface area contributed by atoms with Crippen molar-refractivity contribution in [1.29, 1.82) is 0 Å². The molecule has 2 aromatic rings. The van der Waals surface area contributed by atoms with E-state index in [1.807, 2.05) is 13.8 Å². The molecule has 1 heterocycles. The second-order valence-corrected chi connectivity index (χ2v) is 6.89. The number of guanidine groups is 1. The van der Waals surface area contributed by atoms with Crippen molar-refractivity contribution in [2.75, 3.05) is 26.2 Å². The van der Waals surface area contributed by atoms with Crippen LogP contribution in [-0.4, -0.2) is 48.1 Å². The lowest BCUT2D eigenvalue weighted by atomic mass is 10.0. The van der Waals surface area contributed by atoms with E-state index in [9.17, 15) is 0 Å². The Morgan fingerprint density at radius 2 is 1.82 bits per heavy atom. The molecule has 0 saturated heterocycles. The molecule has 0 spiro atoms. The lowest BCUT2D eigenvalue weighted by Gasteiger charge is -2.30. The Hall–Kier alpha value is -2.34. The Balaban J connectivity index is 2.04. The molecule has 6 nitrogen and oxygen atoms in total. The van der Waals surface area contributed by atoms with Gasteiger partial charge in [-0.2, -0.15) is 0 Å². The largest absolute Gasteiger partial charge is 0.444 e. The predicted molar refractivity (Wildman–Crippen MR) is 116 cm³/mol. The number of benzene rings is 1. The van der Waals surface area contributed by atoms with Crippen LogP contribution in [0, 0.1) is 13.8 Å². The Morgan fingerprint density at radius 1 is 1.11 bits per heavy atom. The first-order valence-electron chi connectivity index (χ1n) is 10.3. The van der Waals surface area contributed by atoms with Crippen molar-refractivity contribution in [3.05, 3.63) is 53.2 Å². The molecule has 0 amide bonds. The average Bonchev–Trinajstić information content (AvgIpc) is 3.03. The van der Waals surface area contributed by atoms with Gasteiger partial charge in [0, 0.05) is 19.1 Å². The summed E-state index contributed by atoms with van der Waals surface area (Å²) in [6, 6.07) is 11.1. The highest BCUT2D eigenvalue weighted by Crippen LogP contribution is 2.10. The van der Waals surface area contributed by atoms with Crippen molar-refractivity contribution >= 4 is 5.96 Å². The number of likely N-dealkylation sites (N-methyl/N-ethyl adjacent to an activating group) is 1. The van der Waals surface area contributed by atoms with Gasteiger partial charge >= 0.3 is 0 Å². The second-order valence-electron chi connectivity index (χ2n) is 6.89. The third kappa shape index (κ3) is 6.68. The maximum atomic E-state index is 5.64. The number of oxazole rings is 1. The third-order valence-corrected chi connectivity index (χ3v) is 4.94. The molecule has 1 aromatic heterocycles. The zero-order valence-corrected chi connectivity index (χ0v) is 18.0. The highest BCUT2D eigenvalue weighted by atomic mass is 16.4. The molecule has 6 heteroatoms. The normalized spacial score (nSPS) is 13.0. The molecule has 0 saturated carbocycles. The van der Waals surface area contributed by atoms with Crippen LogP contribution in [0.1, 0.15) is 43.7 Å². The fourth-order valence-corrected chi connectivity index (χ4v) is 3.27. The van der Waals surface area contributed by atoms with E-state index in [2.05, 4.69) is 76.6 Å². The van der Waals surface area contributed by atoms with Crippen LogP contribution in [0.5, 0.6) is 0 Å². The van der Waals surface area contributed by atoms with Crippen LogP contribution >= 0.6 is 0 Å². The highest BCUT2D eigenvalue weighted by molar-refractivity contribution is 5.79. The molecule has 0 radical (unpaired) electrons. The topological polar surface area (TPSA) is 65.7 Å². The highest BCUT2D eigenvalue weighted by Gasteiger charge is 2.17. The monoisotopic (exact) mass is 385 g/mol. The van der Waals surface area contributed by atoms with Gasteiger partial charge in [-0.05, 0) is 45.8 Å². The lowest BCUT2D eigenvalue weighted by molar-refractivity contribution is 0.215. The fourth-order valence-electron chi connectivity index (χ4n) is 3.27. The molecule has 2 N–H and O–H groups in total. The smallest absolute Gasteiger partial charge is 0.216 e. The van der Waals surface area contributed by atoms with Crippen molar-refractivity contribution in [1.82, 2.24) is 20.5 Å². The van der Waals surface area contributed by atoms with Crippen LogP contribution in [0.15, 0.2) is 39.7 Å². The molecule has 0 aliphatic carbocycles. The van der Waals surface area contributed by atoms with Crippen LogP contribution in [0.2, 0.25) is 0 Å². The summed E-state index contributed by atoms with van der Waals surface area (Å²) in [6.07, 6.45) is 1.01. The number of hydrogen-bond donors (Lipinski definition) is 2. The summed E-state index contributed by atoms with van der Waals surface area (Å²) in [4.78, 5) is 11.5. The Morgan fingerprint density at radius 3 is 2.39 bits per heavy atom. The van der Waals surface area contributed by atoms with E-state index in [0.717, 1.165) is 50.0 Å². The van der Waals surface area contributed by atoms with Crippen LogP contribution in [0.3, 0.4) is 0 Å². The van der Waals surface area contributed by atoms with Crippen molar-refractivity contribution in [3.63, 3.8) is 0 Å². The van der Waals surface area contributed by atoms with Crippen LogP contribution in [-0.2, 0) is 13.0 Å². The molecule has 1 aromatic carbocycles. The minimum absolute atomic E-state index is 0.396. The van der Waals surface area contributed by atoms with Crippen LogP contribution in [0.25, 0.3) is 0 Å². The molecular weight excluding hydrogens is 350 g/mol. The zero-order valence-electron chi connectivity index (χ0n) is 18.0. The van der Waals surface area contributed by atoms with Crippen molar-refractivity contribution in [2.24, 2.45) is 4.99 Å². The van der Waals surface area contributed by atoms with Gasteiger partial charge in [-0.3, -0.25) is 4.90 Å². The van der Waals surface area contributed by atoms with Gasteiger partial charge in [0.25, 0.3) is 0 Å². The minimum atomic E-state index is 0.396. The van der Waals surface area contributed by atoms with Gasteiger partial charge in [-0.1, -0.05) is 44.2 Å². The molecule has 1 atom stereocenters. The first-order valence-corrected chi connectivity index (χ1v) is 10.3. The number of aliphatic imine (C=N–C) groups is 1. The van der Waals surface area contributed by atoms with Crippen molar-refractivity contribution < 1.29 is 4.42 Å². The summed E-state index contributed by atoms with van der Waals surface area (Å²) in [6.45, 7) is 14.5. The van der Waals surface area contributed by atoms with E-state index in [0.29, 0.717) is 18.5 Å². The SMILES string of the molecule is CCNC(=NCc1nc(C)c(C)o1)NCC(Cc1ccccc1)N(CC)CC. The van der Waals surface area contributed by atoms with Gasteiger partial charge in [-0.15, -0.1) is 0 Å². The molecule has 0 fully saturated rings. The van der Waals surface area contributed by atoms with Crippen LogP contribution < -0.4 is 10.6 Å². The average molecular weight is 386 g/mol. The maximum absolute atomic E-state index is 5.64. The second kappa shape index (κ2) is 11.5. The Bertz CT molecular complexity index is 702. The molecule has 0 aliphatic heterocycles. The van der Waals surface area contributed by atoms with Crippen LogP contribution in [0.4, 0.5) is 0 Å². The number of nitrogens with one attached hydrogen (secondary N) is 2. The number of hydrogen-bond acceptors (Lipinski definition) is 4. The number of aromatic nitrogens is 1. The van der Waals surface area contributed by atoms with E-state index in [1.165, 1.54) is 5.56 Å². The molecule has 0 aliphatic rings. The first kappa shape index (κ1) is 22.0. The number of rotatable bonds is 10. The van der Waals surface area contributed by atoms with Gasteiger partial charge in [0.1, 0.15) is 12.3 Å². The van der Waals surface area contributed by atoms with E-state index in [1.54, 1.807) is 0 Å². The number of aryl methyl sites for hydroxylation is 2. The van der Waals surface area contributed by atoms with Gasteiger partial charge < -0.3 is 15.1 Å². The summed E-state index contributed by atoms with van der Waals surface area (Å²) in [7, 11) is 0. The minimum Gasteiger partial charge on any atom is -0.444 e. The molecule has 2 rings (SSSR count). The van der Waals surface area contributed by atoms with Gasteiger partial charge in [0.2, 0.25) is 5.89 Å². The molecule has 28 heavy (non-hydrogen) atoms. The summed E-state index contributed by atoms with van der Waals surface area (Å²) in [5, 5.41) is 6.83. The molecular formula is C22H35N5O. The Labute approximate surface area is 169 Å². The summed E-state index contributed by atoms with van der Waals surface area (Å²) in [5.41, 5.74) is 2.28. The zero-order chi connectivity index (χ0) is 20.4. The number of nitrogens with zero attached hydrogens (tertiary/aromatic N) is 3. The summed E-state index contributed by atoms with van der Waals surface area (Å²) < 4.78 is 5.64. The first-order chi connectivity index (χ1) is 13.6. The van der Waals surface area contributed by atoms with Gasteiger partial charge in [0.05, 0.1) is 5.69 Å².